The number of rotatable bonds is 11. The first-order valence-electron chi connectivity index (χ1n) is 6.72. The van der Waals surface area contributed by atoms with Gasteiger partial charge in [0.25, 0.3) is 0 Å². The Balaban J connectivity index is 3.86. The maximum atomic E-state index is 11.8. The minimum atomic E-state index is -0.923. The largest absolute Gasteiger partial charge is 0.481 e. The standard InChI is InChI=1S/C13H25NO4/c1-2-3-4-5-6-7-12(16)14(10-11-15)9-8-13(17)18/h15H,2-11H2,1H3,(H,17,18). The summed E-state index contributed by atoms with van der Waals surface area (Å²) in [5.41, 5.74) is 0. The number of carboxylic acids is 1. The first-order valence-corrected chi connectivity index (χ1v) is 6.72. The van der Waals surface area contributed by atoms with Crippen LogP contribution in [0.15, 0.2) is 0 Å². The van der Waals surface area contributed by atoms with Crippen molar-refractivity contribution in [2.75, 3.05) is 19.7 Å². The highest BCUT2D eigenvalue weighted by atomic mass is 16.4. The summed E-state index contributed by atoms with van der Waals surface area (Å²) in [7, 11) is 0. The van der Waals surface area contributed by atoms with Crippen LogP contribution in [-0.2, 0) is 9.59 Å². The van der Waals surface area contributed by atoms with E-state index in [2.05, 4.69) is 6.92 Å². The van der Waals surface area contributed by atoms with Crippen LogP contribution in [0.2, 0.25) is 0 Å². The number of carboxylic acid groups (broad SMARTS) is 1. The molecule has 18 heavy (non-hydrogen) atoms. The third-order valence-corrected chi connectivity index (χ3v) is 2.81. The predicted octanol–water partition coefficient (Wildman–Crippen LogP) is 1.64. The van der Waals surface area contributed by atoms with E-state index in [-0.39, 0.29) is 32.0 Å². The second-order valence-corrected chi connectivity index (χ2v) is 4.41. The summed E-state index contributed by atoms with van der Waals surface area (Å²) in [6.07, 6.45) is 5.75. The van der Waals surface area contributed by atoms with E-state index in [9.17, 15) is 9.59 Å². The van der Waals surface area contributed by atoms with Crippen molar-refractivity contribution in [3.8, 4) is 0 Å². The van der Waals surface area contributed by atoms with Gasteiger partial charge in [-0.1, -0.05) is 32.6 Å². The number of hydrogen-bond acceptors (Lipinski definition) is 3. The summed E-state index contributed by atoms with van der Waals surface area (Å²) >= 11 is 0. The Labute approximate surface area is 109 Å². The van der Waals surface area contributed by atoms with Crippen LogP contribution in [0, 0.1) is 0 Å². The number of aliphatic hydroxyl groups is 1. The van der Waals surface area contributed by atoms with Crippen molar-refractivity contribution in [2.45, 2.75) is 51.9 Å². The highest BCUT2D eigenvalue weighted by Gasteiger charge is 2.13. The van der Waals surface area contributed by atoms with E-state index in [0.29, 0.717) is 6.42 Å². The van der Waals surface area contributed by atoms with Crippen molar-refractivity contribution >= 4 is 11.9 Å². The molecule has 0 atom stereocenters. The second-order valence-electron chi connectivity index (χ2n) is 4.41. The molecule has 0 aliphatic carbocycles. The van der Waals surface area contributed by atoms with Crippen LogP contribution in [0.25, 0.3) is 0 Å². The van der Waals surface area contributed by atoms with Crippen LogP contribution in [0.3, 0.4) is 0 Å². The van der Waals surface area contributed by atoms with Gasteiger partial charge in [0.15, 0.2) is 0 Å². The molecule has 0 aliphatic rings. The Kier molecular flexibility index (Phi) is 10.3. The van der Waals surface area contributed by atoms with Gasteiger partial charge in [0.05, 0.1) is 13.0 Å². The molecule has 5 nitrogen and oxygen atoms in total. The zero-order valence-electron chi connectivity index (χ0n) is 11.2. The van der Waals surface area contributed by atoms with Crippen LogP contribution in [0.5, 0.6) is 0 Å². The Bertz CT molecular complexity index is 243. The summed E-state index contributed by atoms with van der Waals surface area (Å²) < 4.78 is 0. The zero-order valence-corrected chi connectivity index (χ0v) is 11.2. The summed E-state index contributed by atoms with van der Waals surface area (Å²) in [6.45, 7) is 2.42. The van der Waals surface area contributed by atoms with E-state index in [1.54, 1.807) is 0 Å². The fourth-order valence-corrected chi connectivity index (χ4v) is 1.75. The molecule has 0 unspecified atom stereocenters. The second kappa shape index (κ2) is 11.0. The first kappa shape index (κ1) is 16.9. The number of amides is 1. The Morgan fingerprint density at radius 2 is 1.67 bits per heavy atom. The van der Waals surface area contributed by atoms with Crippen LogP contribution in [0.4, 0.5) is 0 Å². The molecular formula is C13H25NO4. The van der Waals surface area contributed by atoms with Gasteiger partial charge in [-0.3, -0.25) is 9.59 Å². The lowest BCUT2D eigenvalue weighted by Gasteiger charge is -2.20. The van der Waals surface area contributed by atoms with Crippen LogP contribution < -0.4 is 0 Å². The molecule has 0 fully saturated rings. The molecule has 0 rings (SSSR count). The van der Waals surface area contributed by atoms with E-state index in [4.69, 9.17) is 10.2 Å². The minimum absolute atomic E-state index is 0.0539. The lowest BCUT2D eigenvalue weighted by molar-refractivity contribution is -0.138. The molecule has 5 heteroatoms. The van der Waals surface area contributed by atoms with Crippen LogP contribution in [-0.4, -0.2) is 46.7 Å². The van der Waals surface area contributed by atoms with Crippen molar-refractivity contribution in [1.29, 1.82) is 0 Å². The minimum Gasteiger partial charge on any atom is -0.481 e. The molecule has 1 amide bonds. The van der Waals surface area contributed by atoms with Gasteiger partial charge in [0.2, 0.25) is 5.91 Å². The summed E-state index contributed by atoms with van der Waals surface area (Å²) in [6, 6.07) is 0. The Hall–Kier alpha value is -1.10. The smallest absolute Gasteiger partial charge is 0.305 e. The molecule has 0 heterocycles. The van der Waals surface area contributed by atoms with Crippen LogP contribution in [0.1, 0.15) is 51.9 Å². The molecule has 0 aliphatic heterocycles. The van der Waals surface area contributed by atoms with Crippen LogP contribution >= 0.6 is 0 Å². The highest BCUT2D eigenvalue weighted by molar-refractivity contribution is 5.77. The normalized spacial score (nSPS) is 10.3. The van der Waals surface area contributed by atoms with Gasteiger partial charge < -0.3 is 15.1 Å². The SMILES string of the molecule is CCCCCCCC(=O)N(CCO)CCC(=O)O. The summed E-state index contributed by atoms with van der Waals surface area (Å²) in [5, 5.41) is 17.4. The number of aliphatic hydroxyl groups excluding tert-OH is 1. The van der Waals surface area contributed by atoms with Gasteiger partial charge in [0.1, 0.15) is 0 Å². The van der Waals surface area contributed by atoms with Crippen molar-refractivity contribution in [2.24, 2.45) is 0 Å². The number of carbonyl (C=O) groups is 2. The molecule has 106 valence electrons. The third kappa shape index (κ3) is 8.98. The quantitative estimate of drug-likeness (QED) is 0.553. The molecular weight excluding hydrogens is 234 g/mol. The Morgan fingerprint density at radius 1 is 1.00 bits per heavy atom. The highest BCUT2D eigenvalue weighted by Crippen LogP contribution is 2.07. The molecule has 0 bridgehead atoms. The Morgan fingerprint density at radius 3 is 2.22 bits per heavy atom. The number of unbranched alkanes of at least 4 members (excludes halogenated alkanes) is 4. The van der Waals surface area contributed by atoms with E-state index in [0.717, 1.165) is 19.3 Å². The summed E-state index contributed by atoms with van der Waals surface area (Å²) in [4.78, 5) is 23.7. The zero-order chi connectivity index (χ0) is 13.8. The molecule has 0 saturated carbocycles. The first-order chi connectivity index (χ1) is 8.61. The van der Waals surface area contributed by atoms with Gasteiger partial charge >= 0.3 is 5.97 Å². The van der Waals surface area contributed by atoms with Crippen molar-refractivity contribution < 1.29 is 19.8 Å². The average Bonchev–Trinajstić information content (AvgIpc) is 2.33. The lowest BCUT2D eigenvalue weighted by atomic mass is 10.1. The third-order valence-electron chi connectivity index (χ3n) is 2.81. The molecule has 0 saturated heterocycles. The number of carbonyl (C=O) groups excluding carboxylic acids is 1. The number of hydrogen-bond donors (Lipinski definition) is 2. The van der Waals surface area contributed by atoms with Gasteiger partial charge in [-0.2, -0.15) is 0 Å². The number of aliphatic carboxylic acids is 1. The van der Waals surface area contributed by atoms with E-state index < -0.39 is 5.97 Å². The monoisotopic (exact) mass is 259 g/mol. The topological polar surface area (TPSA) is 77.8 Å². The van der Waals surface area contributed by atoms with Gasteiger partial charge in [-0.05, 0) is 6.42 Å². The fraction of sp³-hybridized carbons (Fsp3) is 0.846. The maximum absolute atomic E-state index is 11.8. The molecule has 0 aromatic heterocycles. The summed E-state index contributed by atoms with van der Waals surface area (Å²) in [5.74, 6) is -0.976. The van der Waals surface area contributed by atoms with Gasteiger partial charge in [-0.25, -0.2) is 0 Å². The number of nitrogens with zero attached hydrogens (tertiary/aromatic N) is 1. The predicted molar refractivity (Wildman–Crippen MR) is 69.3 cm³/mol. The van der Waals surface area contributed by atoms with Crippen molar-refractivity contribution in [3.63, 3.8) is 0 Å². The fourth-order valence-electron chi connectivity index (χ4n) is 1.75. The molecule has 0 aromatic rings. The lowest BCUT2D eigenvalue weighted by Crippen LogP contribution is -2.35. The van der Waals surface area contributed by atoms with E-state index in [1.807, 2.05) is 0 Å². The molecule has 0 aromatic carbocycles. The average molecular weight is 259 g/mol. The van der Waals surface area contributed by atoms with E-state index in [1.165, 1.54) is 17.7 Å². The molecule has 0 spiro atoms. The van der Waals surface area contributed by atoms with Gasteiger partial charge in [-0.15, -0.1) is 0 Å². The molecule has 2 N–H and O–H groups in total. The maximum Gasteiger partial charge on any atom is 0.305 e. The van der Waals surface area contributed by atoms with E-state index >= 15 is 0 Å². The van der Waals surface area contributed by atoms with Crippen molar-refractivity contribution in [1.82, 2.24) is 4.90 Å². The van der Waals surface area contributed by atoms with Crippen molar-refractivity contribution in [3.05, 3.63) is 0 Å². The van der Waals surface area contributed by atoms with Gasteiger partial charge in [0, 0.05) is 19.5 Å². The molecule has 0 radical (unpaired) electrons.